The van der Waals surface area contributed by atoms with Gasteiger partial charge in [0.05, 0.1) is 13.2 Å². The summed E-state index contributed by atoms with van der Waals surface area (Å²) < 4.78 is 11.9. The SMILES string of the molecule is CCCCCOc1cccc2c(OCCCCC)cccc12. The van der Waals surface area contributed by atoms with Crippen LogP contribution < -0.4 is 9.47 Å². The highest BCUT2D eigenvalue weighted by atomic mass is 16.5. The van der Waals surface area contributed by atoms with Gasteiger partial charge in [0, 0.05) is 10.8 Å². The van der Waals surface area contributed by atoms with Crippen LogP contribution >= 0.6 is 0 Å². The molecule has 0 unspecified atom stereocenters. The van der Waals surface area contributed by atoms with Gasteiger partial charge in [-0.3, -0.25) is 0 Å². The molecule has 0 atom stereocenters. The summed E-state index contributed by atoms with van der Waals surface area (Å²) in [5, 5.41) is 2.29. The van der Waals surface area contributed by atoms with Gasteiger partial charge in [-0.1, -0.05) is 63.8 Å². The molecule has 120 valence electrons. The van der Waals surface area contributed by atoms with Crippen molar-refractivity contribution >= 4 is 10.8 Å². The minimum atomic E-state index is 0.786. The Morgan fingerprint density at radius 1 is 0.636 bits per heavy atom. The van der Waals surface area contributed by atoms with E-state index in [1.54, 1.807) is 0 Å². The molecule has 0 bridgehead atoms. The lowest BCUT2D eigenvalue weighted by Crippen LogP contribution is -1.99. The lowest BCUT2D eigenvalue weighted by atomic mass is 10.1. The molecule has 0 fully saturated rings. The summed E-state index contributed by atoms with van der Waals surface area (Å²) in [5.41, 5.74) is 0. The Morgan fingerprint density at radius 2 is 1.09 bits per heavy atom. The van der Waals surface area contributed by atoms with Crippen LogP contribution in [0.1, 0.15) is 52.4 Å². The predicted octanol–water partition coefficient (Wildman–Crippen LogP) is 5.98. The van der Waals surface area contributed by atoms with Crippen molar-refractivity contribution in [3.8, 4) is 11.5 Å². The summed E-state index contributed by atoms with van der Waals surface area (Å²) in [5.74, 6) is 1.93. The minimum Gasteiger partial charge on any atom is -0.493 e. The van der Waals surface area contributed by atoms with Crippen molar-refractivity contribution in [3.63, 3.8) is 0 Å². The highest BCUT2D eigenvalue weighted by molar-refractivity contribution is 5.93. The van der Waals surface area contributed by atoms with Gasteiger partial charge in [0.1, 0.15) is 11.5 Å². The number of unbranched alkanes of at least 4 members (excludes halogenated alkanes) is 4. The number of ether oxygens (including phenoxy) is 2. The van der Waals surface area contributed by atoms with Crippen LogP contribution in [0.3, 0.4) is 0 Å². The van der Waals surface area contributed by atoms with Gasteiger partial charge < -0.3 is 9.47 Å². The largest absolute Gasteiger partial charge is 0.493 e. The van der Waals surface area contributed by atoms with Crippen LogP contribution in [0.5, 0.6) is 11.5 Å². The molecular weight excluding hydrogens is 272 g/mol. The topological polar surface area (TPSA) is 18.5 Å². The van der Waals surface area contributed by atoms with Gasteiger partial charge in [0.15, 0.2) is 0 Å². The van der Waals surface area contributed by atoms with E-state index in [2.05, 4.69) is 50.2 Å². The Bertz CT molecular complexity index is 511. The molecule has 0 radical (unpaired) electrons. The molecule has 2 heteroatoms. The van der Waals surface area contributed by atoms with E-state index in [-0.39, 0.29) is 0 Å². The fraction of sp³-hybridized carbons (Fsp3) is 0.500. The van der Waals surface area contributed by atoms with Crippen molar-refractivity contribution in [1.29, 1.82) is 0 Å². The second kappa shape index (κ2) is 9.34. The molecule has 0 saturated heterocycles. The molecule has 0 saturated carbocycles. The quantitative estimate of drug-likeness (QED) is 0.503. The number of hydrogen-bond donors (Lipinski definition) is 0. The third kappa shape index (κ3) is 4.66. The van der Waals surface area contributed by atoms with Crippen LogP contribution in [-0.2, 0) is 0 Å². The first kappa shape index (κ1) is 16.7. The van der Waals surface area contributed by atoms with Crippen LogP contribution in [-0.4, -0.2) is 13.2 Å². The fourth-order valence-corrected chi connectivity index (χ4v) is 2.57. The van der Waals surface area contributed by atoms with Crippen molar-refractivity contribution < 1.29 is 9.47 Å². The zero-order valence-electron chi connectivity index (χ0n) is 13.9. The normalized spacial score (nSPS) is 10.8. The van der Waals surface area contributed by atoms with Crippen LogP contribution in [0.25, 0.3) is 10.8 Å². The smallest absolute Gasteiger partial charge is 0.127 e. The first-order valence-corrected chi connectivity index (χ1v) is 8.64. The zero-order valence-corrected chi connectivity index (χ0v) is 13.9. The van der Waals surface area contributed by atoms with E-state index in [9.17, 15) is 0 Å². The lowest BCUT2D eigenvalue weighted by molar-refractivity contribution is 0.306. The first-order valence-electron chi connectivity index (χ1n) is 8.64. The molecule has 0 spiro atoms. The number of fused-ring (bicyclic) bond motifs is 1. The Morgan fingerprint density at radius 3 is 1.50 bits per heavy atom. The summed E-state index contributed by atoms with van der Waals surface area (Å²) in [7, 11) is 0. The lowest BCUT2D eigenvalue weighted by Gasteiger charge is -2.12. The van der Waals surface area contributed by atoms with Crippen LogP contribution in [0, 0.1) is 0 Å². The van der Waals surface area contributed by atoms with Crippen LogP contribution in [0.2, 0.25) is 0 Å². The molecule has 0 aromatic heterocycles. The van der Waals surface area contributed by atoms with Gasteiger partial charge in [-0.15, -0.1) is 0 Å². The molecule has 2 nitrogen and oxygen atoms in total. The maximum Gasteiger partial charge on any atom is 0.127 e. The molecular formula is C20H28O2. The van der Waals surface area contributed by atoms with Gasteiger partial charge in [-0.2, -0.15) is 0 Å². The molecule has 0 N–H and O–H groups in total. The van der Waals surface area contributed by atoms with E-state index in [4.69, 9.17) is 9.47 Å². The average Bonchev–Trinajstić information content (AvgIpc) is 2.56. The van der Waals surface area contributed by atoms with Gasteiger partial charge in [-0.05, 0) is 25.0 Å². The minimum absolute atomic E-state index is 0.786. The Labute approximate surface area is 134 Å². The van der Waals surface area contributed by atoms with Crippen molar-refractivity contribution in [1.82, 2.24) is 0 Å². The second-order valence-corrected chi connectivity index (χ2v) is 5.72. The molecule has 22 heavy (non-hydrogen) atoms. The fourth-order valence-electron chi connectivity index (χ4n) is 2.57. The predicted molar refractivity (Wildman–Crippen MR) is 94.0 cm³/mol. The molecule has 0 aliphatic rings. The van der Waals surface area contributed by atoms with Crippen molar-refractivity contribution in [2.24, 2.45) is 0 Å². The summed E-state index contributed by atoms with van der Waals surface area (Å²) >= 11 is 0. The summed E-state index contributed by atoms with van der Waals surface area (Å²) in [6, 6.07) is 12.4. The molecule has 0 heterocycles. The summed E-state index contributed by atoms with van der Waals surface area (Å²) in [6.45, 7) is 5.99. The van der Waals surface area contributed by atoms with Crippen molar-refractivity contribution in [3.05, 3.63) is 36.4 Å². The number of hydrogen-bond acceptors (Lipinski definition) is 2. The Balaban J connectivity index is 2.08. The van der Waals surface area contributed by atoms with E-state index >= 15 is 0 Å². The maximum atomic E-state index is 5.96. The molecule has 0 aliphatic heterocycles. The van der Waals surface area contributed by atoms with E-state index in [0.29, 0.717) is 0 Å². The third-order valence-corrected chi connectivity index (χ3v) is 3.85. The van der Waals surface area contributed by atoms with Gasteiger partial charge >= 0.3 is 0 Å². The summed E-state index contributed by atoms with van der Waals surface area (Å²) in [6.07, 6.45) is 7.09. The van der Waals surface area contributed by atoms with Gasteiger partial charge in [-0.25, -0.2) is 0 Å². The number of benzene rings is 2. The molecule has 2 aromatic carbocycles. The molecule has 2 aromatic rings. The third-order valence-electron chi connectivity index (χ3n) is 3.85. The van der Waals surface area contributed by atoms with Crippen LogP contribution in [0.4, 0.5) is 0 Å². The molecule has 0 amide bonds. The Kier molecular flexibility index (Phi) is 7.08. The monoisotopic (exact) mass is 300 g/mol. The van der Waals surface area contributed by atoms with Gasteiger partial charge in [0.25, 0.3) is 0 Å². The maximum absolute atomic E-state index is 5.96. The Hall–Kier alpha value is -1.70. The van der Waals surface area contributed by atoms with E-state index in [1.807, 2.05) is 0 Å². The van der Waals surface area contributed by atoms with Crippen molar-refractivity contribution in [2.45, 2.75) is 52.4 Å². The van der Waals surface area contributed by atoms with E-state index in [0.717, 1.165) is 48.3 Å². The highest BCUT2D eigenvalue weighted by Crippen LogP contribution is 2.32. The van der Waals surface area contributed by atoms with E-state index in [1.165, 1.54) is 25.7 Å². The molecule has 2 rings (SSSR count). The summed E-state index contributed by atoms with van der Waals surface area (Å²) in [4.78, 5) is 0. The average molecular weight is 300 g/mol. The molecule has 0 aliphatic carbocycles. The van der Waals surface area contributed by atoms with Gasteiger partial charge in [0.2, 0.25) is 0 Å². The zero-order chi connectivity index (χ0) is 15.6. The second-order valence-electron chi connectivity index (χ2n) is 5.72. The van der Waals surface area contributed by atoms with Crippen molar-refractivity contribution in [2.75, 3.05) is 13.2 Å². The van der Waals surface area contributed by atoms with Crippen LogP contribution in [0.15, 0.2) is 36.4 Å². The standard InChI is InChI=1S/C20H28O2/c1-3-5-7-15-21-19-13-9-12-18-17(19)11-10-14-20(18)22-16-8-6-4-2/h9-14H,3-8,15-16H2,1-2H3. The van der Waals surface area contributed by atoms with E-state index < -0.39 is 0 Å². The highest BCUT2D eigenvalue weighted by Gasteiger charge is 2.06. The number of rotatable bonds is 10. The first-order chi connectivity index (χ1) is 10.9.